The summed E-state index contributed by atoms with van der Waals surface area (Å²) in [6.07, 6.45) is 5.60. The van der Waals surface area contributed by atoms with E-state index in [4.69, 9.17) is 5.73 Å². The lowest BCUT2D eigenvalue weighted by Crippen LogP contribution is -2.50. The van der Waals surface area contributed by atoms with Crippen LogP contribution in [0.5, 0.6) is 0 Å². The van der Waals surface area contributed by atoms with E-state index >= 15 is 0 Å². The van der Waals surface area contributed by atoms with Crippen molar-refractivity contribution < 1.29 is 9.59 Å². The normalized spacial score (nSPS) is 24.7. The molecule has 5 nitrogen and oxygen atoms in total. The molecule has 3 N–H and O–H groups in total. The summed E-state index contributed by atoms with van der Waals surface area (Å²) in [5.74, 6) is -0.310. The molecule has 2 amide bonds. The molecule has 96 valence electrons. The largest absolute Gasteiger partial charge is 0.368 e. The second-order valence-corrected chi connectivity index (χ2v) is 4.98. The van der Waals surface area contributed by atoms with Crippen molar-refractivity contribution in [1.29, 1.82) is 0 Å². The summed E-state index contributed by atoms with van der Waals surface area (Å²) in [4.78, 5) is 24.9. The zero-order valence-electron chi connectivity index (χ0n) is 10.2. The molecule has 1 heterocycles. The molecule has 1 unspecified atom stereocenters. The van der Waals surface area contributed by atoms with Crippen LogP contribution in [-0.4, -0.2) is 41.9 Å². The van der Waals surface area contributed by atoms with E-state index in [1.54, 1.807) is 4.90 Å². The van der Waals surface area contributed by atoms with Crippen molar-refractivity contribution >= 4 is 11.8 Å². The lowest BCUT2D eigenvalue weighted by atomic mass is 10.0. The highest BCUT2D eigenvalue weighted by Gasteiger charge is 2.30. The number of hydrogen-bond donors (Lipinski definition) is 2. The SMILES string of the molecule is NC(=O)C1CCCCN1C(=O)CCNC1CC1. The molecule has 0 aromatic heterocycles. The summed E-state index contributed by atoms with van der Waals surface area (Å²) in [5.41, 5.74) is 5.33. The molecule has 5 heteroatoms. The van der Waals surface area contributed by atoms with E-state index in [0.29, 0.717) is 25.6 Å². The van der Waals surface area contributed by atoms with E-state index in [9.17, 15) is 9.59 Å². The first kappa shape index (κ1) is 12.4. The summed E-state index contributed by atoms with van der Waals surface area (Å²) >= 11 is 0. The highest BCUT2D eigenvalue weighted by Crippen LogP contribution is 2.19. The lowest BCUT2D eigenvalue weighted by Gasteiger charge is -2.33. The van der Waals surface area contributed by atoms with Gasteiger partial charge in [-0.25, -0.2) is 0 Å². The molecule has 1 aliphatic carbocycles. The van der Waals surface area contributed by atoms with Gasteiger partial charge in [0, 0.05) is 25.6 Å². The van der Waals surface area contributed by atoms with Gasteiger partial charge < -0.3 is 16.0 Å². The molecule has 1 saturated carbocycles. The third-order valence-corrected chi connectivity index (χ3v) is 3.50. The molecule has 2 fully saturated rings. The topological polar surface area (TPSA) is 75.4 Å². The number of likely N-dealkylation sites (tertiary alicyclic amines) is 1. The quantitative estimate of drug-likeness (QED) is 0.709. The van der Waals surface area contributed by atoms with Gasteiger partial charge in [-0.3, -0.25) is 9.59 Å². The second-order valence-electron chi connectivity index (χ2n) is 4.98. The maximum atomic E-state index is 12.0. The number of primary amides is 1. The van der Waals surface area contributed by atoms with Crippen LogP contribution in [0.4, 0.5) is 0 Å². The summed E-state index contributed by atoms with van der Waals surface area (Å²) in [5, 5.41) is 3.31. The Bertz CT molecular complexity index is 302. The molecule has 1 aliphatic heterocycles. The number of nitrogens with two attached hydrogens (primary N) is 1. The zero-order chi connectivity index (χ0) is 12.3. The van der Waals surface area contributed by atoms with Gasteiger partial charge in [0.05, 0.1) is 0 Å². The first-order valence-electron chi connectivity index (χ1n) is 6.50. The molecule has 1 saturated heterocycles. The number of piperidine rings is 1. The van der Waals surface area contributed by atoms with Crippen molar-refractivity contribution in [1.82, 2.24) is 10.2 Å². The average Bonchev–Trinajstić information content (AvgIpc) is 3.13. The maximum absolute atomic E-state index is 12.0. The molecule has 0 spiro atoms. The lowest BCUT2D eigenvalue weighted by molar-refractivity contribution is -0.141. The third-order valence-electron chi connectivity index (χ3n) is 3.50. The fourth-order valence-corrected chi connectivity index (χ4v) is 2.34. The minimum Gasteiger partial charge on any atom is -0.368 e. The number of nitrogens with zero attached hydrogens (tertiary/aromatic N) is 1. The van der Waals surface area contributed by atoms with Crippen LogP contribution in [0.1, 0.15) is 38.5 Å². The fraction of sp³-hybridized carbons (Fsp3) is 0.833. The van der Waals surface area contributed by atoms with Gasteiger partial charge in [-0.15, -0.1) is 0 Å². The predicted molar refractivity (Wildman–Crippen MR) is 64.2 cm³/mol. The van der Waals surface area contributed by atoms with Gasteiger partial charge in [0.2, 0.25) is 11.8 Å². The monoisotopic (exact) mass is 239 g/mol. The Morgan fingerprint density at radius 1 is 1.24 bits per heavy atom. The summed E-state index contributed by atoms with van der Waals surface area (Å²) in [6, 6.07) is 0.244. The van der Waals surface area contributed by atoms with Crippen LogP contribution in [0.3, 0.4) is 0 Å². The molecule has 0 radical (unpaired) electrons. The first-order valence-corrected chi connectivity index (χ1v) is 6.50. The summed E-state index contributed by atoms with van der Waals surface area (Å²) in [6.45, 7) is 1.39. The Hall–Kier alpha value is -1.10. The van der Waals surface area contributed by atoms with E-state index in [1.165, 1.54) is 12.8 Å². The van der Waals surface area contributed by atoms with Crippen LogP contribution >= 0.6 is 0 Å². The van der Waals surface area contributed by atoms with Gasteiger partial charge in [0.1, 0.15) is 6.04 Å². The average molecular weight is 239 g/mol. The van der Waals surface area contributed by atoms with Gasteiger partial charge in [-0.1, -0.05) is 0 Å². The van der Waals surface area contributed by atoms with Crippen molar-refractivity contribution in [2.45, 2.75) is 50.6 Å². The van der Waals surface area contributed by atoms with E-state index in [0.717, 1.165) is 19.3 Å². The van der Waals surface area contributed by atoms with E-state index < -0.39 is 0 Å². The zero-order valence-corrected chi connectivity index (χ0v) is 10.2. The van der Waals surface area contributed by atoms with Gasteiger partial charge in [-0.2, -0.15) is 0 Å². The summed E-state index contributed by atoms with van der Waals surface area (Å²) < 4.78 is 0. The van der Waals surface area contributed by atoms with Gasteiger partial charge in [0.25, 0.3) is 0 Å². The number of hydrogen-bond acceptors (Lipinski definition) is 3. The Labute approximate surface area is 102 Å². The summed E-state index contributed by atoms with van der Waals surface area (Å²) in [7, 11) is 0. The Kier molecular flexibility index (Phi) is 3.99. The molecule has 0 bridgehead atoms. The molecule has 0 aromatic carbocycles. The predicted octanol–water partition coefficient (Wildman–Crippen LogP) is -0.00510. The number of nitrogens with one attached hydrogen (secondary N) is 1. The van der Waals surface area contributed by atoms with Crippen LogP contribution < -0.4 is 11.1 Å². The molecular weight excluding hydrogens is 218 g/mol. The van der Waals surface area contributed by atoms with Crippen molar-refractivity contribution in [2.75, 3.05) is 13.1 Å². The van der Waals surface area contributed by atoms with E-state index in [2.05, 4.69) is 5.32 Å². The van der Waals surface area contributed by atoms with Crippen LogP contribution in [0.15, 0.2) is 0 Å². The Balaban J connectivity index is 1.79. The minimum absolute atomic E-state index is 0.0571. The van der Waals surface area contributed by atoms with Gasteiger partial charge in [-0.05, 0) is 32.1 Å². The highest BCUT2D eigenvalue weighted by molar-refractivity contribution is 5.86. The number of rotatable bonds is 5. The molecular formula is C12H21N3O2. The molecule has 2 rings (SSSR count). The standard InChI is InChI=1S/C12H21N3O2/c13-12(17)10-3-1-2-8-15(10)11(16)6-7-14-9-4-5-9/h9-10,14H,1-8H2,(H2,13,17). The Morgan fingerprint density at radius 2 is 2.00 bits per heavy atom. The highest BCUT2D eigenvalue weighted by atomic mass is 16.2. The number of amides is 2. The van der Waals surface area contributed by atoms with Crippen LogP contribution in [0.25, 0.3) is 0 Å². The Morgan fingerprint density at radius 3 is 2.65 bits per heavy atom. The van der Waals surface area contributed by atoms with E-state index in [1.807, 2.05) is 0 Å². The first-order chi connectivity index (χ1) is 8.18. The molecule has 2 aliphatic rings. The van der Waals surface area contributed by atoms with Crippen molar-refractivity contribution in [2.24, 2.45) is 5.73 Å². The van der Waals surface area contributed by atoms with Crippen LogP contribution in [0.2, 0.25) is 0 Å². The van der Waals surface area contributed by atoms with Crippen molar-refractivity contribution in [3.05, 3.63) is 0 Å². The van der Waals surface area contributed by atoms with Crippen LogP contribution in [0, 0.1) is 0 Å². The molecule has 0 aromatic rings. The molecule has 1 atom stereocenters. The van der Waals surface area contributed by atoms with Gasteiger partial charge in [0.15, 0.2) is 0 Å². The smallest absolute Gasteiger partial charge is 0.240 e. The minimum atomic E-state index is -0.378. The van der Waals surface area contributed by atoms with Crippen molar-refractivity contribution in [3.63, 3.8) is 0 Å². The molecule has 17 heavy (non-hydrogen) atoms. The van der Waals surface area contributed by atoms with E-state index in [-0.39, 0.29) is 17.9 Å². The fourth-order valence-electron chi connectivity index (χ4n) is 2.34. The maximum Gasteiger partial charge on any atom is 0.240 e. The third kappa shape index (κ3) is 3.43. The second kappa shape index (κ2) is 5.49. The van der Waals surface area contributed by atoms with Gasteiger partial charge >= 0.3 is 0 Å². The number of carbonyl (C=O) groups excluding carboxylic acids is 2. The number of carbonyl (C=O) groups is 2. The van der Waals surface area contributed by atoms with Crippen LogP contribution in [-0.2, 0) is 9.59 Å². The van der Waals surface area contributed by atoms with Crippen molar-refractivity contribution in [3.8, 4) is 0 Å².